The molecule has 3 heterocycles. The van der Waals surface area contributed by atoms with Gasteiger partial charge >= 0.3 is 0 Å². The Morgan fingerprint density at radius 3 is 2.89 bits per heavy atom. The molecule has 1 unspecified atom stereocenters. The summed E-state index contributed by atoms with van der Waals surface area (Å²) >= 11 is 0. The van der Waals surface area contributed by atoms with Crippen LogP contribution in [0.1, 0.15) is 42.8 Å². The lowest BCUT2D eigenvalue weighted by Gasteiger charge is -2.34. The van der Waals surface area contributed by atoms with Gasteiger partial charge in [0.2, 0.25) is 11.8 Å². The lowest BCUT2D eigenvalue weighted by molar-refractivity contribution is -0.140. The zero-order valence-corrected chi connectivity index (χ0v) is 15.9. The molecule has 4 rings (SSSR count). The molecule has 1 fully saturated rings. The number of ether oxygens (including phenoxy) is 1. The van der Waals surface area contributed by atoms with Crippen LogP contribution in [-0.4, -0.2) is 38.9 Å². The van der Waals surface area contributed by atoms with Gasteiger partial charge in [-0.25, -0.2) is 9.97 Å². The van der Waals surface area contributed by atoms with Crippen molar-refractivity contribution in [2.24, 2.45) is 0 Å². The second-order valence-electron chi connectivity index (χ2n) is 7.00. The number of hydrogen-bond acceptors (Lipinski definition) is 5. The average Bonchev–Trinajstić information content (AvgIpc) is 3.38. The van der Waals surface area contributed by atoms with E-state index in [0.717, 1.165) is 42.1 Å². The Morgan fingerprint density at radius 2 is 2.11 bits per heavy atom. The van der Waals surface area contributed by atoms with Gasteiger partial charge < -0.3 is 19.0 Å². The summed E-state index contributed by atoms with van der Waals surface area (Å²) in [4.78, 5) is 26.7. The molecule has 1 aliphatic rings. The van der Waals surface area contributed by atoms with Gasteiger partial charge in [0.15, 0.2) is 0 Å². The third-order valence-electron chi connectivity index (χ3n) is 4.94. The fraction of sp³-hybridized carbons (Fsp3) is 0.381. The number of H-pyrrole nitrogens is 1. The number of nitrogens with zero attached hydrogens (tertiary/aromatic N) is 3. The van der Waals surface area contributed by atoms with Crippen molar-refractivity contribution in [3.8, 4) is 11.3 Å². The monoisotopic (exact) mass is 380 g/mol. The molecule has 0 bridgehead atoms. The second kappa shape index (κ2) is 8.39. The Balaban J connectivity index is 1.41. The van der Waals surface area contributed by atoms with E-state index in [1.807, 2.05) is 48.4 Å². The van der Waals surface area contributed by atoms with E-state index in [4.69, 9.17) is 9.15 Å². The number of aromatic amines is 1. The maximum Gasteiger partial charge on any atom is 0.249 e. The second-order valence-corrected chi connectivity index (χ2v) is 7.00. The summed E-state index contributed by atoms with van der Waals surface area (Å²) in [5.41, 5.74) is 2.04. The van der Waals surface area contributed by atoms with Gasteiger partial charge in [-0.2, -0.15) is 0 Å². The van der Waals surface area contributed by atoms with Crippen LogP contribution in [0.15, 0.2) is 47.1 Å². The van der Waals surface area contributed by atoms with Gasteiger partial charge in [-0.1, -0.05) is 30.3 Å². The van der Waals surface area contributed by atoms with E-state index in [9.17, 15) is 4.79 Å². The zero-order valence-electron chi connectivity index (χ0n) is 15.9. The highest BCUT2D eigenvalue weighted by molar-refractivity contribution is 5.78. The van der Waals surface area contributed by atoms with Crippen LogP contribution in [0.4, 0.5) is 0 Å². The molecule has 0 saturated carbocycles. The highest BCUT2D eigenvalue weighted by atomic mass is 16.5. The number of aryl methyl sites for hydroxylation is 1. The van der Waals surface area contributed by atoms with E-state index < -0.39 is 0 Å². The van der Waals surface area contributed by atoms with Crippen LogP contribution in [0.5, 0.6) is 0 Å². The normalized spacial score (nSPS) is 17.0. The van der Waals surface area contributed by atoms with Gasteiger partial charge in [0.25, 0.3) is 0 Å². The predicted octanol–water partition coefficient (Wildman–Crippen LogP) is 3.64. The molecule has 1 atom stereocenters. The number of imidazole rings is 1. The molecule has 146 valence electrons. The van der Waals surface area contributed by atoms with Gasteiger partial charge in [-0.05, 0) is 31.7 Å². The number of carbonyl (C=O) groups is 1. The number of rotatable bonds is 6. The molecular weight excluding hydrogens is 356 g/mol. The molecule has 7 nitrogen and oxygen atoms in total. The van der Waals surface area contributed by atoms with Crippen molar-refractivity contribution in [1.29, 1.82) is 0 Å². The largest absolute Gasteiger partial charge is 0.443 e. The van der Waals surface area contributed by atoms with Crippen molar-refractivity contribution < 1.29 is 13.9 Å². The minimum Gasteiger partial charge on any atom is -0.443 e. The van der Waals surface area contributed by atoms with Crippen molar-refractivity contribution >= 4 is 5.91 Å². The number of hydrogen-bond donors (Lipinski definition) is 1. The number of amides is 1. The van der Waals surface area contributed by atoms with E-state index in [1.54, 1.807) is 6.20 Å². The molecular formula is C21H24N4O3. The quantitative estimate of drug-likeness (QED) is 0.706. The highest BCUT2D eigenvalue weighted by Gasteiger charge is 2.30. The molecule has 1 amide bonds. The number of carbonyl (C=O) groups excluding carboxylic acids is 1. The number of likely N-dealkylation sites (tertiary alicyclic amines) is 1. The first-order valence-corrected chi connectivity index (χ1v) is 9.59. The van der Waals surface area contributed by atoms with E-state index in [1.165, 1.54) is 0 Å². The number of nitrogens with one attached hydrogen (secondary N) is 1. The van der Waals surface area contributed by atoms with E-state index in [2.05, 4.69) is 15.0 Å². The number of oxazole rings is 1. The standard InChI is InChI=1S/C21H24N4O3/c1-15-11-22-19(28-15)13-27-14-20(26)25-10-6-5-9-18(25)21-23-12-17(24-21)16-7-3-2-4-8-16/h2-4,7-8,11-12,18H,5-6,9-10,13-14H2,1H3,(H,23,24). The van der Waals surface area contributed by atoms with Crippen LogP contribution in [0.3, 0.4) is 0 Å². The van der Waals surface area contributed by atoms with Crippen molar-refractivity contribution in [3.05, 3.63) is 60.2 Å². The van der Waals surface area contributed by atoms with Crippen molar-refractivity contribution in [3.63, 3.8) is 0 Å². The molecule has 28 heavy (non-hydrogen) atoms. The molecule has 0 radical (unpaired) electrons. The minimum atomic E-state index is -0.0497. The van der Waals surface area contributed by atoms with Crippen LogP contribution in [0, 0.1) is 6.92 Å². The molecule has 1 aliphatic heterocycles. The predicted molar refractivity (Wildman–Crippen MR) is 103 cm³/mol. The fourth-order valence-corrected chi connectivity index (χ4v) is 3.56. The summed E-state index contributed by atoms with van der Waals surface area (Å²) in [5.74, 6) is 2.01. The Morgan fingerprint density at radius 1 is 1.25 bits per heavy atom. The van der Waals surface area contributed by atoms with E-state index >= 15 is 0 Å². The van der Waals surface area contributed by atoms with Crippen molar-refractivity contribution in [2.75, 3.05) is 13.2 Å². The lowest BCUT2D eigenvalue weighted by atomic mass is 10.0. The van der Waals surface area contributed by atoms with E-state index in [-0.39, 0.29) is 25.2 Å². The summed E-state index contributed by atoms with van der Waals surface area (Å²) in [6.07, 6.45) is 6.44. The lowest BCUT2D eigenvalue weighted by Crippen LogP contribution is -2.41. The summed E-state index contributed by atoms with van der Waals surface area (Å²) in [6, 6.07) is 10.0. The molecule has 7 heteroatoms. The molecule has 1 saturated heterocycles. The Bertz CT molecular complexity index is 919. The van der Waals surface area contributed by atoms with Gasteiger partial charge in [0.1, 0.15) is 24.8 Å². The minimum absolute atomic E-state index is 0.00415. The third-order valence-corrected chi connectivity index (χ3v) is 4.94. The first kappa shape index (κ1) is 18.4. The highest BCUT2D eigenvalue weighted by Crippen LogP contribution is 2.30. The van der Waals surface area contributed by atoms with Crippen LogP contribution < -0.4 is 0 Å². The van der Waals surface area contributed by atoms with Crippen LogP contribution >= 0.6 is 0 Å². The summed E-state index contributed by atoms with van der Waals surface area (Å²) in [5, 5.41) is 0. The maximum atomic E-state index is 12.8. The summed E-state index contributed by atoms with van der Waals surface area (Å²) in [6.45, 7) is 2.74. The first-order valence-electron chi connectivity index (χ1n) is 9.59. The van der Waals surface area contributed by atoms with Crippen LogP contribution in [0.2, 0.25) is 0 Å². The number of benzene rings is 1. The number of aromatic nitrogens is 3. The zero-order chi connectivity index (χ0) is 19.3. The topological polar surface area (TPSA) is 84.2 Å². The Labute approximate surface area is 163 Å². The van der Waals surface area contributed by atoms with Crippen LogP contribution in [0.25, 0.3) is 11.3 Å². The molecule has 1 aromatic carbocycles. The smallest absolute Gasteiger partial charge is 0.249 e. The van der Waals surface area contributed by atoms with Gasteiger partial charge in [-0.3, -0.25) is 4.79 Å². The summed E-state index contributed by atoms with van der Waals surface area (Å²) in [7, 11) is 0. The fourth-order valence-electron chi connectivity index (χ4n) is 3.56. The van der Waals surface area contributed by atoms with Gasteiger partial charge in [0, 0.05) is 6.54 Å². The average molecular weight is 380 g/mol. The summed E-state index contributed by atoms with van der Waals surface area (Å²) < 4.78 is 10.9. The van der Waals surface area contributed by atoms with Gasteiger partial charge in [-0.15, -0.1) is 0 Å². The van der Waals surface area contributed by atoms with Crippen molar-refractivity contribution in [1.82, 2.24) is 19.9 Å². The molecule has 1 N–H and O–H groups in total. The Kier molecular flexibility index (Phi) is 5.53. The molecule has 0 spiro atoms. The molecule has 3 aromatic rings. The first-order chi connectivity index (χ1) is 13.7. The molecule has 0 aliphatic carbocycles. The van der Waals surface area contributed by atoms with Crippen molar-refractivity contribution in [2.45, 2.75) is 38.8 Å². The van der Waals surface area contributed by atoms with Crippen LogP contribution in [-0.2, 0) is 16.1 Å². The maximum absolute atomic E-state index is 12.8. The SMILES string of the molecule is Cc1cnc(COCC(=O)N2CCCCC2c2ncc(-c3ccccc3)[nH]2)o1. The van der Waals surface area contributed by atoms with E-state index in [0.29, 0.717) is 12.4 Å². The Hall–Kier alpha value is -2.93. The molecule has 2 aromatic heterocycles. The third kappa shape index (κ3) is 4.14. The number of piperidine rings is 1. The van der Waals surface area contributed by atoms with Gasteiger partial charge in [0.05, 0.1) is 24.1 Å².